The second kappa shape index (κ2) is 6.78. The molecule has 2 N–H and O–H groups in total. The van der Waals surface area contributed by atoms with Gasteiger partial charge in [-0.3, -0.25) is 4.90 Å². The molecule has 1 aliphatic heterocycles. The summed E-state index contributed by atoms with van der Waals surface area (Å²) in [5.74, 6) is 2.21. The van der Waals surface area contributed by atoms with Gasteiger partial charge in [0.1, 0.15) is 5.37 Å². The molecule has 6 heteroatoms. The van der Waals surface area contributed by atoms with Crippen molar-refractivity contribution in [2.75, 3.05) is 30.9 Å². The number of sulfone groups is 1. The summed E-state index contributed by atoms with van der Waals surface area (Å²) < 4.78 is 23.8. The Morgan fingerprint density at radius 3 is 2.74 bits per heavy atom. The second-order valence-corrected chi connectivity index (χ2v) is 9.27. The van der Waals surface area contributed by atoms with E-state index in [9.17, 15) is 8.42 Å². The first-order chi connectivity index (χ1) is 8.98. The van der Waals surface area contributed by atoms with Gasteiger partial charge < -0.3 is 5.73 Å². The maximum absolute atomic E-state index is 11.9. The SMILES string of the molecule is CS(=O)(=O)C1CSCCN1CC1CCCCCC1N. The van der Waals surface area contributed by atoms with Crippen LogP contribution in [0.3, 0.4) is 0 Å². The van der Waals surface area contributed by atoms with Gasteiger partial charge in [0, 0.05) is 36.9 Å². The van der Waals surface area contributed by atoms with Crippen LogP contribution in [0.25, 0.3) is 0 Å². The van der Waals surface area contributed by atoms with Crippen LogP contribution in [-0.2, 0) is 9.84 Å². The van der Waals surface area contributed by atoms with Crippen molar-refractivity contribution in [3.63, 3.8) is 0 Å². The molecule has 3 unspecified atom stereocenters. The minimum absolute atomic E-state index is 0.247. The molecular formula is C13H26N2O2S2. The van der Waals surface area contributed by atoms with Gasteiger partial charge in [0.05, 0.1) is 0 Å². The van der Waals surface area contributed by atoms with Crippen LogP contribution in [0.4, 0.5) is 0 Å². The van der Waals surface area contributed by atoms with E-state index in [-0.39, 0.29) is 11.4 Å². The summed E-state index contributed by atoms with van der Waals surface area (Å²) in [5.41, 5.74) is 6.27. The van der Waals surface area contributed by atoms with Crippen LogP contribution in [0.2, 0.25) is 0 Å². The number of nitrogens with two attached hydrogens (primary N) is 1. The first-order valence-corrected chi connectivity index (χ1v) is 10.4. The lowest BCUT2D eigenvalue weighted by molar-refractivity contribution is 0.204. The Morgan fingerprint density at radius 2 is 2.00 bits per heavy atom. The average molecular weight is 306 g/mol. The number of thioether (sulfide) groups is 1. The molecule has 0 radical (unpaired) electrons. The summed E-state index contributed by atoms with van der Waals surface area (Å²) in [6.45, 7) is 1.74. The van der Waals surface area contributed by atoms with Gasteiger partial charge in [-0.1, -0.05) is 19.3 Å². The standard InChI is InChI=1S/C13H26N2O2S2/c1-19(16,17)13-10-18-8-7-15(13)9-11-5-3-2-4-6-12(11)14/h11-13H,2-10,14H2,1H3. The van der Waals surface area contributed by atoms with Crippen molar-refractivity contribution >= 4 is 21.6 Å². The van der Waals surface area contributed by atoms with Crippen molar-refractivity contribution in [1.29, 1.82) is 0 Å². The van der Waals surface area contributed by atoms with E-state index in [0.717, 1.165) is 31.7 Å². The second-order valence-electron chi connectivity index (χ2n) is 5.92. The molecule has 0 aromatic heterocycles. The maximum Gasteiger partial charge on any atom is 0.164 e. The van der Waals surface area contributed by atoms with E-state index >= 15 is 0 Å². The largest absolute Gasteiger partial charge is 0.327 e. The molecule has 2 rings (SSSR count). The van der Waals surface area contributed by atoms with E-state index in [4.69, 9.17) is 5.73 Å². The summed E-state index contributed by atoms with van der Waals surface area (Å²) in [6, 6.07) is 0.247. The molecule has 1 aliphatic carbocycles. The molecule has 2 fully saturated rings. The van der Waals surface area contributed by atoms with Crippen molar-refractivity contribution in [3.8, 4) is 0 Å². The molecule has 1 saturated heterocycles. The van der Waals surface area contributed by atoms with Crippen LogP contribution in [0, 0.1) is 5.92 Å². The van der Waals surface area contributed by atoms with E-state index in [2.05, 4.69) is 4.90 Å². The lowest BCUT2D eigenvalue weighted by atomic mass is 9.95. The molecule has 2 aliphatic rings. The van der Waals surface area contributed by atoms with Gasteiger partial charge in [0.15, 0.2) is 9.84 Å². The fourth-order valence-corrected chi connectivity index (χ4v) is 6.11. The number of nitrogens with zero attached hydrogens (tertiary/aromatic N) is 1. The Hall–Kier alpha value is 0.220. The third-order valence-corrected chi connectivity index (χ3v) is 7.06. The molecule has 19 heavy (non-hydrogen) atoms. The highest BCUT2D eigenvalue weighted by atomic mass is 32.2. The first kappa shape index (κ1) is 15.6. The molecule has 1 saturated carbocycles. The molecule has 1 heterocycles. The highest BCUT2D eigenvalue weighted by Gasteiger charge is 2.33. The van der Waals surface area contributed by atoms with Crippen molar-refractivity contribution in [2.45, 2.75) is 43.5 Å². The van der Waals surface area contributed by atoms with Gasteiger partial charge in [-0.05, 0) is 18.8 Å². The number of hydrogen-bond donors (Lipinski definition) is 1. The van der Waals surface area contributed by atoms with Crippen LogP contribution in [-0.4, -0.2) is 55.6 Å². The lowest BCUT2D eigenvalue weighted by Gasteiger charge is -2.37. The molecule has 0 aromatic rings. The summed E-state index contributed by atoms with van der Waals surface area (Å²) in [6.07, 6.45) is 7.35. The highest BCUT2D eigenvalue weighted by Crippen LogP contribution is 2.27. The third-order valence-electron chi connectivity index (χ3n) is 4.37. The van der Waals surface area contributed by atoms with Crippen molar-refractivity contribution < 1.29 is 8.42 Å². The lowest BCUT2D eigenvalue weighted by Crippen LogP contribution is -2.50. The third kappa shape index (κ3) is 4.34. The van der Waals surface area contributed by atoms with E-state index in [1.165, 1.54) is 25.5 Å². The van der Waals surface area contributed by atoms with E-state index in [0.29, 0.717) is 11.7 Å². The van der Waals surface area contributed by atoms with Gasteiger partial charge in [-0.25, -0.2) is 8.42 Å². The van der Waals surface area contributed by atoms with E-state index in [1.54, 1.807) is 11.8 Å². The average Bonchev–Trinajstić information content (AvgIpc) is 2.54. The summed E-state index contributed by atoms with van der Waals surface area (Å²) in [4.78, 5) is 2.17. The normalized spacial score (nSPS) is 34.9. The summed E-state index contributed by atoms with van der Waals surface area (Å²) in [7, 11) is -2.99. The van der Waals surface area contributed by atoms with Gasteiger partial charge in [-0.2, -0.15) is 11.8 Å². The smallest absolute Gasteiger partial charge is 0.164 e. The van der Waals surface area contributed by atoms with E-state index < -0.39 is 9.84 Å². The molecule has 3 atom stereocenters. The number of rotatable bonds is 3. The van der Waals surface area contributed by atoms with E-state index in [1.807, 2.05) is 0 Å². The van der Waals surface area contributed by atoms with Crippen molar-refractivity contribution in [2.24, 2.45) is 11.7 Å². The zero-order valence-corrected chi connectivity index (χ0v) is 13.4. The molecule has 0 bridgehead atoms. The van der Waals surface area contributed by atoms with Crippen LogP contribution in [0.5, 0.6) is 0 Å². The number of hydrogen-bond acceptors (Lipinski definition) is 5. The molecule has 0 aromatic carbocycles. The Morgan fingerprint density at radius 1 is 1.26 bits per heavy atom. The van der Waals surface area contributed by atoms with Gasteiger partial charge in [0.2, 0.25) is 0 Å². The zero-order chi connectivity index (χ0) is 13.9. The van der Waals surface area contributed by atoms with Crippen LogP contribution < -0.4 is 5.73 Å². The first-order valence-electron chi connectivity index (χ1n) is 7.24. The Bertz CT molecular complexity index is 386. The summed E-state index contributed by atoms with van der Waals surface area (Å²) in [5, 5.41) is -0.304. The topological polar surface area (TPSA) is 63.4 Å². The molecule has 0 amide bonds. The molecule has 112 valence electrons. The van der Waals surface area contributed by atoms with Crippen molar-refractivity contribution in [1.82, 2.24) is 4.90 Å². The Labute approximate surface area is 121 Å². The van der Waals surface area contributed by atoms with Crippen molar-refractivity contribution in [3.05, 3.63) is 0 Å². The minimum Gasteiger partial charge on any atom is -0.327 e. The highest BCUT2D eigenvalue weighted by molar-refractivity contribution is 8.00. The van der Waals surface area contributed by atoms with Crippen LogP contribution >= 0.6 is 11.8 Å². The quantitative estimate of drug-likeness (QED) is 0.797. The van der Waals surface area contributed by atoms with Gasteiger partial charge in [0.25, 0.3) is 0 Å². The Kier molecular flexibility index (Phi) is 5.57. The fourth-order valence-electron chi connectivity index (χ4n) is 3.16. The summed E-state index contributed by atoms with van der Waals surface area (Å²) >= 11 is 1.75. The minimum atomic E-state index is -2.99. The molecule has 0 spiro atoms. The maximum atomic E-state index is 11.9. The predicted octanol–water partition coefficient (Wildman–Crippen LogP) is 1.31. The van der Waals surface area contributed by atoms with Gasteiger partial charge in [-0.15, -0.1) is 0 Å². The fraction of sp³-hybridized carbons (Fsp3) is 1.00. The monoisotopic (exact) mass is 306 g/mol. The molecule has 4 nitrogen and oxygen atoms in total. The Balaban J connectivity index is 2.02. The predicted molar refractivity (Wildman–Crippen MR) is 82.1 cm³/mol. The zero-order valence-electron chi connectivity index (χ0n) is 11.8. The van der Waals surface area contributed by atoms with Gasteiger partial charge >= 0.3 is 0 Å². The van der Waals surface area contributed by atoms with Crippen LogP contribution in [0.1, 0.15) is 32.1 Å². The van der Waals surface area contributed by atoms with Crippen LogP contribution in [0.15, 0.2) is 0 Å². The molecular weight excluding hydrogens is 280 g/mol.